The van der Waals surface area contributed by atoms with E-state index in [9.17, 15) is 58.4 Å². The molecule has 1 aliphatic rings. The molecule has 1 saturated heterocycles. The SMILES string of the molecule is C=C(NC(=O)[C@@H]1CCCN1C(=O)[C@H](Cc1cnc[nH]1)NC(=O)[C@@H](NC(=O)[C@H](Cc1ccc(O)cc1)NC(=O)[C@@H](NC(=O)[C@H](CCCN=C(N)N)N(C(=O)CN(C)C(=O)OC(C)(C)C)[N+](=O)[O-])C(C)C)[C@@H](C)CC)C(=O)OC. The summed E-state index contributed by atoms with van der Waals surface area (Å²) in [5.41, 5.74) is 10.5. The molecule has 28 nitrogen and oxygen atoms in total. The summed E-state index contributed by atoms with van der Waals surface area (Å²) in [7, 11) is 2.28. The molecule has 0 aliphatic carbocycles. The van der Waals surface area contributed by atoms with Crippen molar-refractivity contribution in [3.63, 3.8) is 0 Å². The minimum atomic E-state index is -1.90. The minimum absolute atomic E-state index is 0.0421. The summed E-state index contributed by atoms with van der Waals surface area (Å²) in [5, 5.41) is 34.6. The smallest absolute Gasteiger partial charge is 0.410 e. The second kappa shape index (κ2) is 29.1. The number of rotatable bonds is 27. The number of phenolic OH excluding ortho intramolecular Hbond substituents is 1. The zero-order chi connectivity index (χ0) is 57.9. The molecule has 1 aromatic carbocycles. The third-order valence-corrected chi connectivity index (χ3v) is 12.2. The van der Waals surface area contributed by atoms with Crippen molar-refractivity contribution in [2.45, 2.75) is 135 Å². The van der Waals surface area contributed by atoms with Crippen LogP contribution in [0.4, 0.5) is 4.79 Å². The molecule has 0 spiro atoms. The van der Waals surface area contributed by atoms with Crippen LogP contribution in [0.3, 0.4) is 0 Å². The highest BCUT2D eigenvalue weighted by Crippen LogP contribution is 2.22. The van der Waals surface area contributed by atoms with Crippen LogP contribution in [0.25, 0.3) is 0 Å². The van der Waals surface area contributed by atoms with Crippen LogP contribution < -0.4 is 38.1 Å². The van der Waals surface area contributed by atoms with Crippen molar-refractivity contribution in [1.82, 2.24) is 51.4 Å². The van der Waals surface area contributed by atoms with Crippen molar-refractivity contribution in [3.05, 3.63) is 70.4 Å². The molecule has 11 N–H and O–H groups in total. The Bertz CT molecular complexity index is 2460. The number of carbonyl (C=O) groups is 9. The summed E-state index contributed by atoms with van der Waals surface area (Å²) in [6.45, 7) is 13.9. The molecular weight excluding hydrogens is 1010 g/mol. The number of hydrogen-bond acceptors (Lipinski definition) is 16. The van der Waals surface area contributed by atoms with E-state index in [0.717, 1.165) is 12.0 Å². The summed E-state index contributed by atoms with van der Waals surface area (Å²) < 4.78 is 9.89. The number of nitrogens with one attached hydrogen (secondary N) is 6. The Labute approximate surface area is 446 Å². The number of amides is 8. The van der Waals surface area contributed by atoms with E-state index in [-0.39, 0.29) is 61.2 Å². The van der Waals surface area contributed by atoms with Crippen molar-refractivity contribution < 1.29 is 62.8 Å². The number of likely N-dealkylation sites (N-methyl/N-ethyl adjacent to an activating group) is 1. The quantitative estimate of drug-likeness (QED) is 0.0105. The summed E-state index contributed by atoms with van der Waals surface area (Å²) in [5.74, 6) is -9.13. The van der Waals surface area contributed by atoms with E-state index in [1.807, 2.05) is 0 Å². The Hall–Kier alpha value is -8.33. The molecular formula is C49H74N14O14. The fourth-order valence-electron chi connectivity index (χ4n) is 7.98. The van der Waals surface area contributed by atoms with Gasteiger partial charge in [0.15, 0.2) is 17.0 Å². The van der Waals surface area contributed by atoms with Gasteiger partial charge in [0.05, 0.1) is 13.4 Å². The molecule has 1 aliphatic heterocycles. The van der Waals surface area contributed by atoms with Gasteiger partial charge in [0, 0.05) is 44.9 Å². The first-order valence-corrected chi connectivity index (χ1v) is 24.9. The van der Waals surface area contributed by atoms with Gasteiger partial charge in [-0.05, 0) is 81.0 Å². The van der Waals surface area contributed by atoms with E-state index in [1.165, 1.54) is 48.7 Å². The predicted octanol–water partition coefficient (Wildman–Crippen LogP) is -0.355. The van der Waals surface area contributed by atoms with E-state index < -0.39 is 125 Å². The Morgan fingerprint density at radius 2 is 1.58 bits per heavy atom. The van der Waals surface area contributed by atoms with Crippen LogP contribution in [0, 0.1) is 22.0 Å². The number of nitro groups is 1. The number of ether oxygens (including phenoxy) is 2. The highest BCUT2D eigenvalue weighted by Gasteiger charge is 2.43. The van der Waals surface area contributed by atoms with Crippen LogP contribution in [0.15, 0.2) is 54.1 Å². The fourth-order valence-corrected chi connectivity index (χ4v) is 7.98. The second-order valence-electron chi connectivity index (χ2n) is 19.8. The molecule has 7 atom stereocenters. The zero-order valence-corrected chi connectivity index (χ0v) is 45.0. The standard InChI is InChI=1S/C49H74N14O14/c1-11-28(4)39(44(70)57-34(23-31-24-52-26-54-31)45(71)61-21-13-15-35(61)41(67)55-29(5)46(72)76-10)59-40(66)33(22-30-16-18-32(64)19-17-30)56-43(69)38(27(2)3)58-42(68)36(14-12-20-53-47(50)51)62(63(74)75)37(65)25-60(9)48(73)77-49(6,7)8/h16-19,24,26-28,33-36,38-39,64H,5,11-15,20-23,25H2,1-4,6-10H3,(H,52,54)(H,55,67)(H,56,69)(H,57,70)(H,58,68)(H,59,66)(H4,50,51,53)/t28-,33-,34-,35-,36-,38-,39-/m0/s1. The summed E-state index contributed by atoms with van der Waals surface area (Å²) >= 11 is 0. The van der Waals surface area contributed by atoms with E-state index in [2.05, 4.69) is 52.9 Å². The number of phenols is 1. The number of nitrogens with two attached hydrogens (primary N) is 2. The van der Waals surface area contributed by atoms with Crippen LogP contribution in [0.2, 0.25) is 0 Å². The molecule has 424 valence electrons. The molecule has 0 unspecified atom stereocenters. The molecule has 0 saturated carbocycles. The topological polar surface area (TPSA) is 398 Å². The number of esters is 1. The third-order valence-electron chi connectivity index (χ3n) is 12.2. The Morgan fingerprint density at radius 3 is 2.14 bits per heavy atom. The largest absolute Gasteiger partial charge is 0.508 e. The average Bonchev–Trinajstić information content (AvgIpc) is 4.07. The van der Waals surface area contributed by atoms with E-state index >= 15 is 0 Å². The first-order chi connectivity index (χ1) is 36.1. The van der Waals surface area contributed by atoms with Crippen molar-refractivity contribution in [3.8, 4) is 5.75 Å². The fraction of sp³-hybridized carbons (Fsp3) is 0.571. The molecule has 0 radical (unpaired) electrons. The number of hydrazine groups is 1. The molecule has 28 heteroatoms. The number of aliphatic imine (C=N–C) groups is 1. The van der Waals surface area contributed by atoms with Gasteiger partial charge < -0.3 is 67.4 Å². The van der Waals surface area contributed by atoms with Crippen molar-refractivity contribution in [2.24, 2.45) is 28.3 Å². The average molecular weight is 1080 g/mol. The normalized spacial score (nSPS) is 15.5. The number of likely N-dealkylation sites (tertiary alicyclic amines) is 1. The van der Waals surface area contributed by atoms with Crippen molar-refractivity contribution in [1.29, 1.82) is 0 Å². The molecule has 1 fully saturated rings. The monoisotopic (exact) mass is 1080 g/mol. The molecule has 2 aromatic rings. The Morgan fingerprint density at radius 1 is 0.961 bits per heavy atom. The number of aromatic hydroxyl groups is 1. The molecule has 0 bridgehead atoms. The number of carbonyl (C=O) groups excluding carboxylic acids is 9. The lowest BCUT2D eigenvalue weighted by Gasteiger charge is -2.32. The number of methoxy groups -OCH3 is 1. The van der Waals surface area contributed by atoms with Gasteiger partial charge in [0.25, 0.3) is 0 Å². The van der Waals surface area contributed by atoms with Gasteiger partial charge in [-0.3, -0.25) is 38.6 Å². The third kappa shape index (κ3) is 19.4. The van der Waals surface area contributed by atoms with Gasteiger partial charge in [-0.25, -0.2) is 24.7 Å². The number of H-pyrrole nitrogens is 1. The van der Waals surface area contributed by atoms with Crippen LogP contribution >= 0.6 is 0 Å². The molecule has 2 heterocycles. The molecule has 8 amide bonds. The van der Waals surface area contributed by atoms with Crippen LogP contribution in [0.1, 0.15) is 91.8 Å². The number of aromatic nitrogens is 2. The van der Waals surface area contributed by atoms with Crippen LogP contribution in [-0.2, 0) is 60.7 Å². The molecule has 3 rings (SSSR count). The van der Waals surface area contributed by atoms with Gasteiger partial charge in [0.1, 0.15) is 53.8 Å². The minimum Gasteiger partial charge on any atom is -0.508 e. The highest BCUT2D eigenvalue weighted by atomic mass is 16.7. The maximum atomic E-state index is 14.6. The second-order valence-corrected chi connectivity index (χ2v) is 19.8. The van der Waals surface area contributed by atoms with E-state index in [0.29, 0.717) is 24.1 Å². The van der Waals surface area contributed by atoms with Crippen molar-refractivity contribution >= 4 is 59.4 Å². The summed E-state index contributed by atoms with van der Waals surface area (Å²) in [6.07, 6.45) is 1.95. The number of nitrogens with zero attached hydrogens (tertiary/aromatic N) is 6. The highest BCUT2D eigenvalue weighted by molar-refractivity contribution is 5.99. The van der Waals surface area contributed by atoms with E-state index in [4.69, 9.17) is 16.2 Å². The van der Waals surface area contributed by atoms with Crippen molar-refractivity contribution in [2.75, 3.05) is 33.8 Å². The van der Waals surface area contributed by atoms with Crippen LogP contribution in [-0.4, -0.2) is 170 Å². The number of imidazole rings is 1. The lowest BCUT2D eigenvalue weighted by molar-refractivity contribution is -0.640. The first-order valence-electron chi connectivity index (χ1n) is 24.9. The van der Waals surface area contributed by atoms with Gasteiger partial charge in [-0.15, -0.1) is 0 Å². The lowest BCUT2D eigenvalue weighted by atomic mass is 9.96. The number of benzene rings is 1. The van der Waals surface area contributed by atoms with Gasteiger partial charge in [-0.2, -0.15) is 0 Å². The summed E-state index contributed by atoms with van der Waals surface area (Å²) in [6, 6.07) is -2.99. The first kappa shape index (κ1) is 63.0. The lowest BCUT2D eigenvalue weighted by Crippen LogP contribution is -2.62. The maximum absolute atomic E-state index is 14.6. The van der Waals surface area contributed by atoms with Gasteiger partial charge in [0.2, 0.25) is 35.4 Å². The summed E-state index contributed by atoms with van der Waals surface area (Å²) in [4.78, 5) is 149. The van der Waals surface area contributed by atoms with Gasteiger partial charge >= 0.3 is 18.0 Å². The molecule has 77 heavy (non-hydrogen) atoms. The number of aromatic amines is 1. The Balaban J connectivity index is 1.99. The number of guanidine groups is 1. The predicted molar refractivity (Wildman–Crippen MR) is 277 cm³/mol. The molecule has 1 aromatic heterocycles. The Kier molecular flexibility index (Phi) is 23.8. The van der Waals surface area contributed by atoms with Gasteiger partial charge in [-0.1, -0.05) is 52.8 Å². The van der Waals surface area contributed by atoms with Crippen LogP contribution in [0.5, 0.6) is 5.75 Å². The maximum Gasteiger partial charge on any atom is 0.410 e. The van der Waals surface area contributed by atoms with E-state index in [1.54, 1.807) is 48.5 Å². The zero-order valence-electron chi connectivity index (χ0n) is 45.0. The number of hydrogen-bond donors (Lipinski definition) is 9.